The van der Waals surface area contributed by atoms with Gasteiger partial charge in [-0.25, -0.2) is 0 Å². The van der Waals surface area contributed by atoms with Crippen molar-refractivity contribution in [3.63, 3.8) is 0 Å². The normalized spacial score (nSPS) is 23.7. The molecule has 136 valence electrons. The molecule has 0 saturated heterocycles. The Kier molecular flexibility index (Phi) is 4.02. The topological polar surface area (TPSA) is 0 Å². The Labute approximate surface area is 175 Å². The fourth-order valence-electron chi connectivity index (χ4n) is 5.04. The number of halogens is 1. The Hall–Kier alpha value is -1.29. The van der Waals surface area contributed by atoms with Gasteiger partial charge in [-0.3, -0.25) is 0 Å². The van der Waals surface area contributed by atoms with Crippen molar-refractivity contribution in [3.05, 3.63) is 95.7 Å². The van der Waals surface area contributed by atoms with E-state index < -0.39 is 8.07 Å². The Balaban J connectivity index is 1.56. The summed E-state index contributed by atoms with van der Waals surface area (Å²) >= 11 is 5.63. The van der Waals surface area contributed by atoms with Crippen LogP contribution in [0.25, 0.3) is 6.08 Å². The van der Waals surface area contributed by atoms with Crippen LogP contribution in [0.15, 0.2) is 84.6 Å². The van der Waals surface area contributed by atoms with Crippen molar-refractivity contribution < 1.29 is 0 Å². The average molecular weight is 452 g/mol. The van der Waals surface area contributed by atoms with Gasteiger partial charge in [0.2, 0.25) is 0 Å². The maximum Gasteiger partial charge on any atom is 0.109 e. The van der Waals surface area contributed by atoms with Crippen LogP contribution in [0, 0.1) is 0 Å². The van der Waals surface area contributed by atoms with Crippen LogP contribution in [0.1, 0.15) is 25.0 Å². The Bertz CT molecular complexity index is 1080. The lowest BCUT2D eigenvalue weighted by atomic mass is 9.89. The molecule has 0 radical (unpaired) electrons. The molecular formula is C24H23BrSSi. The Morgan fingerprint density at radius 2 is 1.81 bits per heavy atom. The highest BCUT2D eigenvalue weighted by molar-refractivity contribution is 9.14. The summed E-state index contributed by atoms with van der Waals surface area (Å²) in [5.41, 5.74) is 10.3. The fraction of sp³-hybridized carbons (Fsp3) is 0.250. The molecule has 3 heteroatoms. The van der Waals surface area contributed by atoms with E-state index in [9.17, 15) is 0 Å². The molecule has 0 N–H and O–H groups in total. The van der Waals surface area contributed by atoms with Crippen LogP contribution in [0.3, 0.4) is 0 Å². The Morgan fingerprint density at radius 1 is 1.04 bits per heavy atom. The monoisotopic (exact) mass is 450 g/mol. The van der Waals surface area contributed by atoms with Crippen LogP contribution in [-0.4, -0.2) is 13.3 Å². The molecule has 0 aromatic heterocycles. The molecule has 1 aliphatic heterocycles. The zero-order valence-corrected chi connectivity index (χ0v) is 19.6. The number of hydrogen-bond donors (Lipinski definition) is 0. The molecule has 0 saturated carbocycles. The first-order chi connectivity index (χ1) is 12.9. The van der Waals surface area contributed by atoms with E-state index in [1.165, 1.54) is 42.8 Å². The molecule has 0 bridgehead atoms. The van der Waals surface area contributed by atoms with E-state index in [4.69, 9.17) is 0 Å². The van der Waals surface area contributed by atoms with E-state index in [1.54, 1.807) is 10.4 Å². The van der Waals surface area contributed by atoms with Gasteiger partial charge in [-0.05, 0) is 80.9 Å². The second-order valence-electron chi connectivity index (χ2n) is 8.43. The quantitative estimate of drug-likeness (QED) is 0.426. The first-order valence-electron chi connectivity index (χ1n) is 9.56. The SMILES string of the molecule is CC1=C([Si](C)(C)C2=Cc3ccccc3C2)C2=CC3SC(Br)=CC3=C(C)C2=C1. The van der Waals surface area contributed by atoms with E-state index in [2.05, 4.69) is 91.4 Å². The minimum absolute atomic E-state index is 0.465. The van der Waals surface area contributed by atoms with Gasteiger partial charge in [0.1, 0.15) is 8.07 Å². The summed E-state index contributed by atoms with van der Waals surface area (Å²) in [5, 5.41) is 3.78. The minimum atomic E-state index is -1.74. The van der Waals surface area contributed by atoms with Gasteiger partial charge in [0, 0.05) is 0 Å². The molecule has 1 aromatic carbocycles. The van der Waals surface area contributed by atoms with Gasteiger partial charge in [-0.2, -0.15) is 0 Å². The third-order valence-electron chi connectivity index (χ3n) is 6.48. The van der Waals surface area contributed by atoms with Crippen molar-refractivity contribution in [1.29, 1.82) is 0 Å². The van der Waals surface area contributed by atoms with Crippen molar-refractivity contribution >= 4 is 41.8 Å². The van der Waals surface area contributed by atoms with Crippen LogP contribution in [0.5, 0.6) is 0 Å². The lowest BCUT2D eigenvalue weighted by Gasteiger charge is -2.32. The summed E-state index contributed by atoms with van der Waals surface area (Å²) in [5.74, 6) is 0. The van der Waals surface area contributed by atoms with Crippen molar-refractivity contribution in [1.82, 2.24) is 0 Å². The van der Waals surface area contributed by atoms with Crippen LogP contribution in [-0.2, 0) is 6.42 Å². The number of rotatable bonds is 2. The predicted molar refractivity (Wildman–Crippen MR) is 126 cm³/mol. The van der Waals surface area contributed by atoms with E-state index in [1.807, 2.05) is 11.8 Å². The molecule has 27 heavy (non-hydrogen) atoms. The van der Waals surface area contributed by atoms with Crippen molar-refractivity contribution in [2.24, 2.45) is 0 Å². The highest BCUT2D eigenvalue weighted by Crippen LogP contribution is 2.52. The van der Waals surface area contributed by atoms with E-state index in [-0.39, 0.29) is 0 Å². The summed E-state index contributed by atoms with van der Waals surface area (Å²) in [4.78, 5) is 0. The van der Waals surface area contributed by atoms with Gasteiger partial charge >= 0.3 is 0 Å². The van der Waals surface area contributed by atoms with Gasteiger partial charge in [0.05, 0.1) is 9.06 Å². The number of benzene rings is 1. The zero-order chi connectivity index (χ0) is 18.9. The molecule has 1 heterocycles. The van der Waals surface area contributed by atoms with E-state index in [0.29, 0.717) is 5.25 Å². The van der Waals surface area contributed by atoms with Gasteiger partial charge < -0.3 is 0 Å². The first kappa shape index (κ1) is 17.8. The lowest BCUT2D eigenvalue weighted by molar-refractivity contribution is 1.17. The summed E-state index contributed by atoms with van der Waals surface area (Å²) in [6, 6.07) is 8.89. The lowest BCUT2D eigenvalue weighted by Crippen LogP contribution is -2.34. The second kappa shape index (κ2) is 6.10. The van der Waals surface area contributed by atoms with Crippen molar-refractivity contribution in [2.45, 2.75) is 38.6 Å². The fourth-order valence-corrected chi connectivity index (χ4v) is 10.3. The van der Waals surface area contributed by atoms with Gasteiger partial charge in [0.15, 0.2) is 0 Å². The highest BCUT2D eigenvalue weighted by atomic mass is 79.9. The third kappa shape index (κ3) is 2.62. The number of thioether (sulfide) groups is 1. The molecule has 1 aromatic rings. The number of hydrogen-bond acceptors (Lipinski definition) is 1. The van der Waals surface area contributed by atoms with Crippen LogP contribution in [0.2, 0.25) is 13.1 Å². The smallest absolute Gasteiger partial charge is 0.106 e. The molecule has 0 spiro atoms. The molecule has 3 aliphatic carbocycles. The largest absolute Gasteiger partial charge is 0.109 e. The average Bonchev–Trinajstić information content (AvgIpc) is 3.29. The van der Waals surface area contributed by atoms with Gasteiger partial charge in [-0.1, -0.05) is 66.4 Å². The van der Waals surface area contributed by atoms with Crippen LogP contribution >= 0.6 is 27.7 Å². The summed E-state index contributed by atoms with van der Waals surface area (Å²) in [6.07, 6.45) is 10.9. The highest BCUT2D eigenvalue weighted by Gasteiger charge is 2.41. The molecule has 0 amide bonds. The van der Waals surface area contributed by atoms with Crippen molar-refractivity contribution in [3.8, 4) is 0 Å². The molecule has 1 atom stereocenters. The number of allylic oxidation sites excluding steroid dienone is 8. The molecule has 0 nitrogen and oxygen atoms in total. The molecular weight excluding hydrogens is 428 g/mol. The first-order valence-corrected chi connectivity index (χ1v) is 14.2. The Morgan fingerprint density at radius 3 is 2.59 bits per heavy atom. The van der Waals surface area contributed by atoms with Crippen molar-refractivity contribution in [2.75, 3.05) is 0 Å². The van der Waals surface area contributed by atoms with Gasteiger partial charge in [0.25, 0.3) is 0 Å². The minimum Gasteiger partial charge on any atom is -0.106 e. The predicted octanol–water partition coefficient (Wildman–Crippen LogP) is 7.28. The molecule has 4 aliphatic rings. The standard InChI is InChI=1S/C24H23BrSSi/c1-14-9-19-15(2)20-13-23(25)26-22(20)12-21(19)24(14)27(3,4)18-10-16-7-5-6-8-17(16)11-18/h5-10,12-13,22H,11H2,1-4H3. The second-order valence-corrected chi connectivity index (χ2v) is 15.4. The third-order valence-corrected chi connectivity index (χ3v) is 12.1. The summed E-state index contributed by atoms with van der Waals surface area (Å²) < 4.78 is 1.26. The maximum atomic E-state index is 3.70. The molecule has 1 unspecified atom stereocenters. The van der Waals surface area contributed by atoms with E-state index >= 15 is 0 Å². The van der Waals surface area contributed by atoms with Crippen LogP contribution < -0.4 is 0 Å². The maximum absolute atomic E-state index is 3.70. The molecule has 5 rings (SSSR count). The summed E-state index contributed by atoms with van der Waals surface area (Å²) in [7, 11) is -1.74. The van der Waals surface area contributed by atoms with Crippen LogP contribution in [0.4, 0.5) is 0 Å². The number of fused-ring (bicyclic) bond motifs is 3. The summed E-state index contributed by atoms with van der Waals surface area (Å²) in [6.45, 7) is 9.72. The zero-order valence-electron chi connectivity index (χ0n) is 16.2. The van der Waals surface area contributed by atoms with Gasteiger partial charge in [-0.15, -0.1) is 11.8 Å². The van der Waals surface area contributed by atoms with E-state index in [0.717, 1.165) is 6.42 Å². The molecule has 0 fully saturated rings.